The van der Waals surface area contributed by atoms with Crippen LogP contribution in [0, 0.1) is 17.5 Å². The molecule has 1 atom stereocenters. The van der Waals surface area contributed by atoms with Crippen LogP contribution in [0.1, 0.15) is 11.6 Å². The van der Waals surface area contributed by atoms with Gasteiger partial charge >= 0.3 is 0 Å². The molecular formula is C8H6F5N. The van der Waals surface area contributed by atoms with Crippen molar-refractivity contribution in [2.24, 2.45) is 5.73 Å². The highest BCUT2D eigenvalue weighted by molar-refractivity contribution is 5.24. The second-order valence-electron chi connectivity index (χ2n) is 2.64. The Labute approximate surface area is 76.3 Å². The van der Waals surface area contributed by atoms with Gasteiger partial charge in [0.05, 0.1) is 6.04 Å². The van der Waals surface area contributed by atoms with Crippen LogP contribution >= 0.6 is 0 Å². The van der Waals surface area contributed by atoms with Crippen LogP contribution in [-0.4, -0.2) is 6.43 Å². The highest BCUT2D eigenvalue weighted by Crippen LogP contribution is 2.24. The van der Waals surface area contributed by atoms with Crippen LogP contribution in [-0.2, 0) is 0 Å². The van der Waals surface area contributed by atoms with Crippen molar-refractivity contribution in [3.63, 3.8) is 0 Å². The van der Waals surface area contributed by atoms with Gasteiger partial charge in [-0.15, -0.1) is 0 Å². The Hall–Kier alpha value is -1.17. The zero-order valence-corrected chi connectivity index (χ0v) is 6.78. The summed E-state index contributed by atoms with van der Waals surface area (Å²) in [6, 6.07) is -1.48. The minimum atomic E-state index is -3.11. The molecule has 14 heavy (non-hydrogen) atoms. The minimum Gasteiger partial charge on any atom is -0.319 e. The summed E-state index contributed by atoms with van der Waals surface area (Å²) in [6.07, 6.45) is -3.11. The second-order valence-corrected chi connectivity index (χ2v) is 2.64. The Bertz CT molecular complexity index is 315. The van der Waals surface area contributed by atoms with Crippen LogP contribution < -0.4 is 5.73 Å². The summed E-state index contributed by atoms with van der Waals surface area (Å²) >= 11 is 0. The molecule has 0 aromatic heterocycles. The zero-order valence-electron chi connectivity index (χ0n) is 6.78. The van der Waals surface area contributed by atoms with E-state index in [4.69, 9.17) is 5.73 Å². The third-order valence-electron chi connectivity index (χ3n) is 1.65. The molecule has 0 amide bonds. The monoisotopic (exact) mass is 211 g/mol. The molecule has 0 spiro atoms. The van der Waals surface area contributed by atoms with Gasteiger partial charge in [0.1, 0.15) is 17.5 Å². The first-order chi connectivity index (χ1) is 6.43. The molecule has 0 aliphatic heterocycles. The first-order valence-electron chi connectivity index (χ1n) is 3.61. The fraction of sp³-hybridized carbons (Fsp3) is 0.250. The highest BCUT2D eigenvalue weighted by Gasteiger charge is 2.25. The molecule has 0 saturated heterocycles. The smallest absolute Gasteiger partial charge is 0.257 e. The summed E-state index contributed by atoms with van der Waals surface area (Å²) in [7, 11) is 0. The van der Waals surface area contributed by atoms with Crippen LogP contribution in [0.4, 0.5) is 22.0 Å². The molecule has 0 saturated carbocycles. The summed E-state index contributed by atoms with van der Waals surface area (Å²) in [5, 5.41) is 0. The van der Waals surface area contributed by atoms with E-state index in [0.717, 1.165) is 0 Å². The molecule has 1 nitrogen and oxygen atoms in total. The molecule has 1 rings (SSSR count). The van der Waals surface area contributed by atoms with E-state index in [1.807, 2.05) is 0 Å². The average molecular weight is 211 g/mol. The number of halogens is 5. The van der Waals surface area contributed by atoms with Gasteiger partial charge in [-0.25, -0.2) is 22.0 Å². The van der Waals surface area contributed by atoms with Crippen molar-refractivity contribution in [2.45, 2.75) is 12.5 Å². The SMILES string of the molecule is N[C@@H](c1c(F)cc(F)cc1F)C(F)F. The number of nitrogens with two attached hydrogens (primary N) is 1. The molecule has 0 heterocycles. The lowest BCUT2D eigenvalue weighted by Crippen LogP contribution is -2.22. The molecule has 0 radical (unpaired) electrons. The van der Waals surface area contributed by atoms with Crippen molar-refractivity contribution in [1.29, 1.82) is 0 Å². The minimum absolute atomic E-state index is 0.306. The first-order valence-corrected chi connectivity index (χ1v) is 3.61. The third kappa shape index (κ3) is 2.01. The number of rotatable bonds is 2. The molecule has 0 fully saturated rings. The van der Waals surface area contributed by atoms with E-state index in [1.54, 1.807) is 0 Å². The van der Waals surface area contributed by atoms with E-state index >= 15 is 0 Å². The van der Waals surface area contributed by atoms with E-state index in [-0.39, 0.29) is 0 Å². The standard InChI is InChI=1S/C8H6F5N/c9-3-1-4(10)6(5(11)2-3)7(14)8(12)13/h1-2,7-8H,14H2/t7-/m0/s1. The molecule has 78 valence electrons. The molecule has 2 N–H and O–H groups in total. The molecule has 0 bridgehead atoms. The van der Waals surface area contributed by atoms with E-state index in [1.165, 1.54) is 0 Å². The lowest BCUT2D eigenvalue weighted by atomic mass is 10.1. The normalized spacial score (nSPS) is 13.4. The number of alkyl halides is 2. The van der Waals surface area contributed by atoms with E-state index in [9.17, 15) is 22.0 Å². The van der Waals surface area contributed by atoms with Crippen molar-refractivity contribution in [3.8, 4) is 0 Å². The van der Waals surface area contributed by atoms with Gasteiger partial charge in [0.15, 0.2) is 0 Å². The number of hydrogen-bond donors (Lipinski definition) is 1. The average Bonchev–Trinajstić information content (AvgIpc) is 2.01. The Balaban J connectivity index is 3.20. The lowest BCUT2D eigenvalue weighted by molar-refractivity contribution is 0.113. The van der Waals surface area contributed by atoms with Gasteiger partial charge in [0, 0.05) is 17.7 Å². The maximum Gasteiger partial charge on any atom is 0.257 e. The maximum absolute atomic E-state index is 12.8. The summed E-state index contributed by atoms with van der Waals surface area (Å²) in [4.78, 5) is 0. The highest BCUT2D eigenvalue weighted by atomic mass is 19.3. The van der Waals surface area contributed by atoms with Gasteiger partial charge in [0.25, 0.3) is 6.43 Å². The van der Waals surface area contributed by atoms with Crippen LogP contribution in [0.2, 0.25) is 0 Å². The molecule has 1 aromatic carbocycles. The summed E-state index contributed by atoms with van der Waals surface area (Å²) < 4.78 is 62.1. The Morgan fingerprint density at radius 3 is 1.79 bits per heavy atom. The van der Waals surface area contributed by atoms with Crippen LogP contribution in [0.5, 0.6) is 0 Å². The van der Waals surface area contributed by atoms with Crippen molar-refractivity contribution >= 4 is 0 Å². The molecule has 1 aromatic rings. The van der Waals surface area contributed by atoms with E-state index in [2.05, 4.69) is 0 Å². The fourth-order valence-electron chi connectivity index (χ4n) is 0.998. The van der Waals surface area contributed by atoms with Gasteiger partial charge in [-0.1, -0.05) is 0 Å². The van der Waals surface area contributed by atoms with Crippen molar-refractivity contribution in [2.75, 3.05) is 0 Å². The van der Waals surface area contributed by atoms with Gasteiger partial charge < -0.3 is 5.73 Å². The Morgan fingerprint density at radius 1 is 1.00 bits per heavy atom. The van der Waals surface area contributed by atoms with Gasteiger partial charge in [-0.2, -0.15) is 0 Å². The third-order valence-corrected chi connectivity index (χ3v) is 1.65. The summed E-state index contributed by atoms with van der Waals surface area (Å²) in [6.45, 7) is 0. The number of benzene rings is 1. The predicted molar refractivity (Wildman–Crippen MR) is 39.2 cm³/mol. The van der Waals surface area contributed by atoms with Crippen LogP contribution in [0.25, 0.3) is 0 Å². The van der Waals surface area contributed by atoms with Crippen LogP contribution in [0.15, 0.2) is 12.1 Å². The molecule has 6 heteroatoms. The van der Waals surface area contributed by atoms with Gasteiger partial charge in [0.2, 0.25) is 0 Å². The van der Waals surface area contributed by atoms with Crippen molar-refractivity contribution in [3.05, 3.63) is 35.1 Å². The van der Waals surface area contributed by atoms with Crippen molar-refractivity contribution in [1.82, 2.24) is 0 Å². The quantitative estimate of drug-likeness (QED) is 0.746. The zero-order chi connectivity index (χ0) is 10.9. The predicted octanol–water partition coefficient (Wildman–Crippen LogP) is 2.37. The van der Waals surface area contributed by atoms with E-state index < -0.39 is 35.5 Å². The van der Waals surface area contributed by atoms with Crippen molar-refractivity contribution < 1.29 is 22.0 Å². The summed E-state index contributed by atoms with van der Waals surface area (Å²) in [5.74, 6) is -3.99. The molecule has 0 aliphatic carbocycles. The van der Waals surface area contributed by atoms with Crippen LogP contribution in [0.3, 0.4) is 0 Å². The Morgan fingerprint density at radius 2 is 1.43 bits per heavy atom. The molecule has 0 aliphatic rings. The second kappa shape index (κ2) is 3.91. The molecular weight excluding hydrogens is 205 g/mol. The Kier molecular flexibility index (Phi) is 3.05. The molecule has 0 unspecified atom stereocenters. The van der Waals surface area contributed by atoms with Gasteiger partial charge in [-0.3, -0.25) is 0 Å². The maximum atomic E-state index is 12.8. The number of hydrogen-bond acceptors (Lipinski definition) is 1. The fourth-order valence-corrected chi connectivity index (χ4v) is 0.998. The largest absolute Gasteiger partial charge is 0.319 e. The lowest BCUT2D eigenvalue weighted by Gasteiger charge is -2.12. The summed E-state index contributed by atoms with van der Waals surface area (Å²) in [5.41, 5.74) is 3.84. The first kappa shape index (κ1) is 10.9. The van der Waals surface area contributed by atoms with E-state index in [0.29, 0.717) is 12.1 Å². The topological polar surface area (TPSA) is 26.0 Å². The van der Waals surface area contributed by atoms with Gasteiger partial charge in [-0.05, 0) is 0 Å².